The molecule has 0 aliphatic carbocycles. The number of aryl methyl sites for hydroxylation is 2. The van der Waals surface area contributed by atoms with Crippen molar-refractivity contribution in [2.45, 2.75) is 71.1 Å². The molecule has 0 heterocycles. The summed E-state index contributed by atoms with van der Waals surface area (Å²) in [6.45, 7) is 5.99. The van der Waals surface area contributed by atoms with E-state index in [1.54, 1.807) is 12.4 Å². The number of nitrogens with zero attached hydrogens (tertiary/aromatic N) is 2. The van der Waals surface area contributed by atoms with Crippen LogP contribution in [0.15, 0.2) is 89.6 Å². The van der Waals surface area contributed by atoms with Crippen LogP contribution >= 0.6 is 0 Å². The zero-order valence-electron chi connectivity index (χ0n) is 21.6. The molecule has 3 rings (SSSR count). The lowest BCUT2D eigenvalue weighted by Gasteiger charge is -2.06. The van der Waals surface area contributed by atoms with Crippen molar-refractivity contribution in [2.24, 2.45) is 10.2 Å². The van der Waals surface area contributed by atoms with E-state index in [2.05, 4.69) is 60.1 Å². The van der Waals surface area contributed by atoms with Gasteiger partial charge in [-0.3, -0.25) is 0 Å². The van der Waals surface area contributed by atoms with Gasteiger partial charge in [-0.1, -0.05) is 99.3 Å². The van der Waals surface area contributed by atoms with Crippen LogP contribution in [0, 0.1) is 5.82 Å². The molecule has 0 amide bonds. The van der Waals surface area contributed by atoms with E-state index >= 15 is 0 Å². The predicted molar refractivity (Wildman–Crippen MR) is 154 cm³/mol. The van der Waals surface area contributed by atoms with Gasteiger partial charge in [0, 0.05) is 5.56 Å². The van der Waals surface area contributed by atoms with Crippen LogP contribution in [0.2, 0.25) is 0 Å². The van der Waals surface area contributed by atoms with Crippen LogP contribution in [-0.4, -0.2) is 12.4 Å². The van der Waals surface area contributed by atoms with Gasteiger partial charge in [-0.15, -0.1) is 6.58 Å². The summed E-state index contributed by atoms with van der Waals surface area (Å²) in [4.78, 5) is 0. The van der Waals surface area contributed by atoms with Gasteiger partial charge in [-0.2, -0.15) is 10.2 Å². The molecular weight excluding hydrogens is 443 g/mol. The van der Waals surface area contributed by atoms with Crippen molar-refractivity contribution < 1.29 is 4.39 Å². The molecule has 0 saturated heterocycles. The van der Waals surface area contributed by atoms with Gasteiger partial charge in [-0.05, 0) is 72.4 Å². The Morgan fingerprint density at radius 3 is 1.89 bits per heavy atom. The predicted octanol–water partition coefficient (Wildman–Crippen LogP) is 9.36. The summed E-state index contributed by atoms with van der Waals surface area (Å²) in [5, 5.41) is 8.23. The van der Waals surface area contributed by atoms with Gasteiger partial charge in [0.2, 0.25) is 0 Å². The molecule has 0 aliphatic heterocycles. The summed E-state index contributed by atoms with van der Waals surface area (Å²) < 4.78 is 14.8. The fourth-order valence-electron chi connectivity index (χ4n) is 4.22. The molecule has 0 fully saturated rings. The second kappa shape index (κ2) is 15.6. The van der Waals surface area contributed by atoms with Crippen LogP contribution < -0.4 is 0 Å². The summed E-state index contributed by atoms with van der Waals surface area (Å²) in [6, 6.07) is 21.9. The summed E-state index contributed by atoms with van der Waals surface area (Å²) >= 11 is 0. The van der Waals surface area contributed by atoms with Crippen molar-refractivity contribution in [3.8, 4) is 11.1 Å². The monoisotopic (exact) mass is 482 g/mol. The van der Waals surface area contributed by atoms with Crippen LogP contribution in [0.1, 0.15) is 80.5 Å². The highest BCUT2D eigenvalue weighted by molar-refractivity contribution is 5.83. The van der Waals surface area contributed by atoms with E-state index in [0.29, 0.717) is 11.1 Å². The Hall–Kier alpha value is -3.33. The number of benzene rings is 3. The Morgan fingerprint density at radius 1 is 0.694 bits per heavy atom. The lowest BCUT2D eigenvalue weighted by molar-refractivity contribution is 0.631. The lowest BCUT2D eigenvalue weighted by Crippen LogP contribution is -1.90. The van der Waals surface area contributed by atoms with E-state index in [9.17, 15) is 4.39 Å². The van der Waals surface area contributed by atoms with Crippen molar-refractivity contribution >= 4 is 12.4 Å². The van der Waals surface area contributed by atoms with E-state index in [4.69, 9.17) is 0 Å². The number of allylic oxidation sites excluding steroid dienone is 1. The van der Waals surface area contributed by atoms with Crippen LogP contribution in [0.5, 0.6) is 0 Å². The first-order valence-corrected chi connectivity index (χ1v) is 13.3. The van der Waals surface area contributed by atoms with Gasteiger partial charge in [0.15, 0.2) is 0 Å². The van der Waals surface area contributed by atoms with Crippen molar-refractivity contribution in [1.29, 1.82) is 0 Å². The Bertz CT molecular complexity index is 1110. The first-order chi connectivity index (χ1) is 17.7. The zero-order valence-corrected chi connectivity index (χ0v) is 21.6. The van der Waals surface area contributed by atoms with Gasteiger partial charge < -0.3 is 0 Å². The lowest BCUT2D eigenvalue weighted by atomic mass is 10.00. The number of hydrogen-bond acceptors (Lipinski definition) is 2. The zero-order chi connectivity index (χ0) is 25.4. The third-order valence-electron chi connectivity index (χ3n) is 6.41. The second-order valence-electron chi connectivity index (χ2n) is 9.37. The minimum atomic E-state index is -0.251. The first kappa shape index (κ1) is 27.3. The molecular formula is C33H39FN2. The van der Waals surface area contributed by atoms with E-state index in [-0.39, 0.29) is 5.82 Å². The molecule has 3 aromatic rings. The quantitative estimate of drug-likeness (QED) is 0.0892. The number of rotatable bonds is 15. The summed E-state index contributed by atoms with van der Waals surface area (Å²) in [6.07, 6.45) is 17.2. The summed E-state index contributed by atoms with van der Waals surface area (Å²) in [7, 11) is 0. The minimum absolute atomic E-state index is 0.251. The van der Waals surface area contributed by atoms with Gasteiger partial charge in [0.25, 0.3) is 0 Å². The van der Waals surface area contributed by atoms with Crippen LogP contribution in [0.25, 0.3) is 11.1 Å². The maximum Gasteiger partial charge on any atom is 0.131 e. The molecule has 0 N–H and O–H groups in total. The van der Waals surface area contributed by atoms with Crippen molar-refractivity contribution in [3.63, 3.8) is 0 Å². The number of halogens is 1. The molecule has 0 atom stereocenters. The molecule has 3 aromatic carbocycles. The molecule has 0 unspecified atom stereocenters. The summed E-state index contributed by atoms with van der Waals surface area (Å²) in [5.41, 5.74) is 5.84. The fourth-order valence-corrected chi connectivity index (χ4v) is 4.22. The molecule has 0 bridgehead atoms. The van der Waals surface area contributed by atoms with Gasteiger partial charge in [0.1, 0.15) is 5.82 Å². The molecule has 0 aromatic heterocycles. The maximum atomic E-state index is 14.8. The average molecular weight is 483 g/mol. The third kappa shape index (κ3) is 9.37. The number of unbranched alkanes of at least 4 members (excludes halogenated alkanes) is 6. The molecule has 0 aliphatic rings. The smallest absolute Gasteiger partial charge is 0.131 e. The normalized spacial score (nSPS) is 11.5. The minimum Gasteiger partial charge on any atom is -0.206 e. The second-order valence-corrected chi connectivity index (χ2v) is 9.37. The Morgan fingerprint density at radius 2 is 1.28 bits per heavy atom. The van der Waals surface area contributed by atoms with Crippen molar-refractivity contribution in [3.05, 3.63) is 107 Å². The van der Waals surface area contributed by atoms with Gasteiger partial charge >= 0.3 is 0 Å². The molecule has 0 spiro atoms. The largest absolute Gasteiger partial charge is 0.206 e. The van der Waals surface area contributed by atoms with Gasteiger partial charge in [-0.25, -0.2) is 4.39 Å². The van der Waals surface area contributed by atoms with E-state index < -0.39 is 0 Å². The Balaban J connectivity index is 1.50. The van der Waals surface area contributed by atoms with Crippen LogP contribution in [0.4, 0.5) is 4.39 Å². The number of hydrogen-bond donors (Lipinski definition) is 0. The van der Waals surface area contributed by atoms with E-state index in [0.717, 1.165) is 30.4 Å². The fraction of sp³-hybridized carbons (Fsp3) is 0.333. The maximum absolute atomic E-state index is 14.8. The molecule has 0 radical (unpaired) electrons. The van der Waals surface area contributed by atoms with Crippen molar-refractivity contribution in [1.82, 2.24) is 0 Å². The standard InChI is InChI=1S/C33H39FN2/c1-3-5-7-9-11-13-27-14-16-29(17-15-27)25-35-36-26-30-20-23-32(33(34)24-30)31-21-18-28(19-22-31)12-10-8-6-4-2/h3,14-26H,1,4-13H2,2H3. The SMILES string of the molecule is C=CCCCCCc1ccc(C=NN=Cc2ccc(-c3ccc(CCCCCC)cc3)c(F)c2)cc1. The van der Waals surface area contributed by atoms with Crippen LogP contribution in [-0.2, 0) is 12.8 Å². The molecule has 3 heteroatoms. The average Bonchev–Trinajstić information content (AvgIpc) is 2.90. The van der Waals surface area contributed by atoms with Crippen LogP contribution in [0.3, 0.4) is 0 Å². The van der Waals surface area contributed by atoms with Crippen molar-refractivity contribution in [2.75, 3.05) is 0 Å². The Kier molecular flexibility index (Phi) is 11.8. The molecule has 2 nitrogen and oxygen atoms in total. The Labute approximate surface area is 216 Å². The highest BCUT2D eigenvalue weighted by Gasteiger charge is 2.06. The summed E-state index contributed by atoms with van der Waals surface area (Å²) in [5.74, 6) is -0.251. The third-order valence-corrected chi connectivity index (χ3v) is 6.41. The van der Waals surface area contributed by atoms with Gasteiger partial charge in [0.05, 0.1) is 12.4 Å². The molecule has 36 heavy (non-hydrogen) atoms. The molecule has 188 valence electrons. The topological polar surface area (TPSA) is 24.7 Å². The first-order valence-electron chi connectivity index (χ1n) is 13.3. The van der Waals surface area contributed by atoms with E-state index in [1.807, 2.05) is 30.3 Å². The highest BCUT2D eigenvalue weighted by Crippen LogP contribution is 2.24. The highest BCUT2D eigenvalue weighted by atomic mass is 19.1. The molecule has 0 saturated carbocycles. The van der Waals surface area contributed by atoms with E-state index in [1.165, 1.54) is 62.1 Å².